The first-order valence-corrected chi connectivity index (χ1v) is 7.17. The van der Waals surface area contributed by atoms with Gasteiger partial charge in [0.1, 0.15) is 0 Å². The molecule has 110 valence electrons. The molecule has 0 bridgehead atoms. The average Bonchev–Trinajstić information content (AvgIpc) is 2.48. The van der Waals surface area contributed by atoms with Gasteiger partial charge in [-0.2, -0.15) is 0 Å². The zero-order chi connectivity index (χ0) is 15.6. The topological polar surface area (TPSA) is 46.3 Å². The van der Waals surface area contributed by atoms with E-state index in [1.165, 1.54) is 0 Å². The van der Waals surface area contributed by atoms with Crippen molar-refractivity contribution in [3.05, 3.63) is 64.2 Å². The predicted octanol–water partition coefficient (Wildman–Crippen LogP) is 4.06. The van der Waals surface area contributed by atoms with Crippen molar-refractivity contribution in [2.45, 2.75) is 19.9 Å². The molecule has 2 N–H and O–H groups in total. The first-order chi connectivity index (χ1) is 9.91. The minimum absolute atomic E-state index is 0.108. The fourth-order valence-corrected chi connectivity index (χ4v) is 2.54. The van der Waals surface area contributed by atoms with Gasteiger partial charge in [0.15, 0.2) is 0 Å². The Morgan fingerprint density at radius 2 is 1.90 bits per heavy atom. The molecule has 0 heterocycles. The second-order valence-corrected chi connectivity index (χ2v) is 5.61. The van der Waals surface area contributed by atoms with Crippen LogP contribution in [0.1, 0.15) is 34.5 Å². The number of nitrogen functional groups attached to an aromatic ring is 1. The highest BCUT2D eigenvalue weighted by atomic mass is 35.5. The van der Waals surface area contributed by atoms with E-state index in [2.05, 4.69) is 0 Å². The minimum Gasteiger partial charge on any atom is -0.398 e. The van der Waals surface area contributed by atoms with Crippen LogP contribution in [0.25, 0.3) is 0 Å². The maximum atomic E-state index is 12.6. The van der Waals surface area contributed by atoms with Crippen LogP contribution in [0.15, 0.2) is 42.5 Å². The number of carbonyl (C=O) groups excluding carboxylic acids is 1. The molecule has 4 heteroatoms. The number of rotatable bonds is 3. The number of halogens is 1. The molecule has 0 radical (unpaired) electrons. The van der Waals surface area contributed by atoms with Crippen molar-refractivity contribution in [1.82, 2.24) is 4.90 Å². The zero-order valence-electron chi connectivity index (χ0n) is 12.4. The maximum Gasteiger partial charge on any atom is 0.256 e. The monoisotopic (exact) mass is 302 g/mol. The number of hydrogen-bond acceptors (Lipinski definition) is 2. The number of nitrogens with two attached hydrogens (primary N) is 1. The van der Waals surface area contributed by atoms with Crippen molar-refractivity contribution in [2.75, 3.05) is 12.8 Å². The van der Waals surface area contributed by atoms with Crippen LogP contribution >= 0.6 is 11.6 Å². The van der Waals surface area contributed by atoms with Crippen LogP contribution in [0.2, 0.25) is 5.02 Å². The van der Waals surface area contributed by atoms with Crippen molar-refractivity contribution in [2.24, 2.45) is 0 Å². The molecule has 0 aromatic heterocycles. The number of amides is 1. The van der Waals surface area contributed by atoms with Crippen LogP contribution < -0.4 is 5.73 Å². The van der Waals surface area contributed by atoms with E-state index < -0.39 is 0 Å². The standard InChI is InChI=1S/C17H19ClN2O/c1-11-8-9-16(19)14(10-11)17(21)20(3)12(2)13-6-4-5-7-15(13)18/h4-10,12H,19H2,1-3H3. The number of hydrogen-bond donors (Lipinski definition) is 1. The summed E-state index contributed by atoms with van der Waals surface area (Å²) in [6, 6.07) is 12.9. The molecule has 0 fully saturated rings. The Labute approximate surface area is 130 Å². The summed E-state index contributed by atoms with van der Waals surface area (Å²) in [6.45, 7) is 3.89. The van der Waals surface area contributed by atoms with Gasteiger partial charge in [-0.05, 0) is 37.6 Å². The molecule has 1 atom stereocenters. The Kier molecular flexibility index (Phi) is 4.53. The van der Waals surface area contributed by atoms with Gasteiger partial charge in [-0.25, -0.2) is 0 Å². The Balaban J connectivity index is 2.31. The van der Waals surface area contributed by atoms with E-state index in [0.717, 1.165) is 11.1 Å². The number of aryl methyl sites for hydroxylation is 1. The van der Waals surface area contributed by atoms with Gasteiger partial charge in [0, 0.05) is 17.8 Å². The van der Waals surface area contributed by atoms with E-state index in [0.29, 0.717) is 16.3 Å². The fourth-order valence-electron chi connectivity index (χ4n) is 2.24. The van der Waals surface area contributed by atoms with E-state index in [-0.39, 0.29) is 11.9 Å². The summed E-state index contributed by atoms with van der Waals surface area (Å²) in [5, 5.41) is 0.655. The quantitative estimate of drug-likeness (QED) is 0.869. The van der Waals surface area contributed by atoms with Crippen molar-refractivity contribution < 1.29 is 4.79 Å². The van der Waals surface area contributed by atoms with E-state index in [4.69, 9.17) is 17.3 Å². The summed E-state index contributed by atoms with van der Waals surface area (Å²) in [6.07, 6.45) is 0. The molecule has 0 aliphatic heterocycles. The lowest BCUT2D eigenvalue weighted by atomic mass is 10.0. The SMILES string of the molecule is Cc1ccc(N)c(C(=O)N(C)C(C)c2ccccc2Cl)c1. The molecule has 2 rings (SSSR count). The lowest BCUT2D eigenvalue weighted by molar-refractivity contribution is 0.0743. The lowest BCUT2D eigenvalue weighted by Gasteiger charge is -2.26. The summed E-state index contributed by atoms with van der Waals surface area (Å²) in [5.41, 5.74) is 8.86. The van der Waals surface area contributed by atoms with Gasteiger partial charge in [0.2, 0.25) is 0 Å². The molecule has 3 nitrogen and oxygen atoms in total. The van der Waals surface area contributed by atoms with E-state index in [1.807, 2.05) is 50.2 Å². The molecule has 1 amide bonds. The molecule has 2 aromatic carbocycles. The number of nitrogens with zero attached hydrogens (tertiary/aromatic N) is 1. The fraction of sp³-hybridized carbons (Fsp3) is 0.235. The molecule has 0 saturated carbocycles. The first-order valence-electron chi connectivity index (χ1n) is 6.79. The highest BCUT2D eigenvalue weighted by Crippen LogP contribution is 2.28. The predicted molar refractivity (Wildman–Crippen MR) is 87.6 cm³/mol. The molecular formula is C17H19ClN2O. The molecule has 1 unspecified atom stereocenters. The second kappa shape index (κ2) is 6.19. The minimum atomic E-state index is -0.133. The van der Waals surface area contributed by atoms with Crippen LogP contribution in [0.4, 0.5) is 5.69 Å². The van der Waals surface area contributed by atoms with Gasteiger partial charge in [0.05, 0.1) is 11.6 Å². The second-order valence-electron chi connectivity index (χ2n) is 5.20. The van der Waals surface area contributed by atoms with Crippen molar-refractivity contribution >= 4 is 23.2 Å². The van der Waals surface area contributed by atoms with E-state index in [1.54, 1.807) is 18.0 Å². The first kappa shape index (κ1) is 15.4. The van der Waals surface area contributed by atoms with Crippen LogP contribution in [0.5, 0.6) is 0 Å². The van der Waals surface area contributed by atoms with Crippen molar-refractivity contribution in [3.8, 4) is 0 Å². The van der Waals surface area contributed by atoms with E-state index >= 15 is 0 Å². The molecular weight excluding hydrogens is 284 g/mol. The number of carbonyl (C=O) groups is 1. The van der Waals surface area contributed by atoms with Crippen LogP contribution in [0.3, 0.4) is 0 Å². The van der Waals surface area contributed by atoms with Gasteiger partial charge in [-0.3, -0.25) is 4.79 Å². The molecule has 2 aromatic rings. The lowest BCUT2D eigenvalue weighted by Crippen LogP contribution is -2.30. The summed E-state index contributed by atoms with van der Waals surface area (Å²) < 4.78 is 0. The van der Waals surface area contributed by atoms with Crippen LogP contribution in [-0.4, -0.2) is 17.9 Å². The molecule has 0 aliphatic carbocycles. The summed E-state index contributed by atoms with van der Waals surface area (Å²) in [4.78, 5) is 14.3. The maximum absolute atomic E-state index is 12.6. The molecule has 0 saturated heterocycles. The van der Waals surface area contributed by atoms with Crippen LogP contribution in [0, 0.1) is 6.92 Å². The Morgan fingerprint density at radius 1 is 1.24 bits per heavy atom. The highest BCUT2D eigenvalue weighted by molar-refractivity contribution is 6.31. The van der Waals surface area contributed by atoms with Gasteiger partial charge >= 0.3 is 0 Å². The van der Waals surface area contributed by atoms with Crippen molar-refractivity contribution in [1.29, 1.82) is 0 Å². The van der Waals surface area contributed by atoms with E-state index in [9.17, 15) is 4.79 Å². The Bertz CT molecular complexity index is 670. The summed E-state index contributed by atoms with van der Waals surface area (Å²) >= 11 is 6.21. The highest BCUT2D eigenvalue weighted by Gasteiger charge is 2.22. The zero-order valence-corrected chi connectivity index (χ0v) is 13.2. The third kappa shape index (κ3) is 3.19. The van der Waals surface area contributed by atoms with Crippen LogP contribution in [-0.2, 0) is 0 Å². The van der Waals surface area contributed by atoms with Gasteiger partial charge in [-0.1, -0.05) is 41.4 Å². The Morgan fingerprint density at radius 3 is 2.57 bits per heavy atom. The summed E-state index contributed by atoms with van der Waals surface area (Å²) in [7, 11) is 1.76. The van der Waals surface area contributed by atoms with Gasteiger partial charge in [-0.15, -0.1) is 0 Å². The normalized spacial score (nSPS) is 12.0. The van der Waals surface area contributed by atoms with Gasteiger partial charge < -0.3 is 10.6 Å². The molecule has 21 heavy (non-hydrogen) atoms. The largest absolute Gasteiger partial charge is 0.398 e. The molecule has 0 spiro atoms. The van der Waals surface area contributed by atoms with Crippen molar-refractivity contribution in [3.63, 3.8) is 0 Å². The number of benzene rings is 2. The number of anilines is 1. The van der Waals surface area contributed by atoms with Gasteiger partial charge in [0.25, 0.3) is 5.91 Å². The molecule has 0 aliphatic rings. The third-order valence-corrected chi connectivity index (χ3v) is 4.04. The summed E-state index contributed by atoms with van der Waals surface area (Å²) in [5.74, 6) is -0.108. The third-order valence-electron chi connectivity index (χ3n) is 3.70. The average molecular weight is 303 g/mol. The Hall–Kier alpha value is -2.00. The smallest absolute Gasteiger partial charge is 0.256 e.